The number of esters is 1. The molecule has 0 atom stereocenters. The van der Waals surface area contributed by atoms with Gasteiger partial charge in [-0.2, -0.15) is 0 Å². The van der Waals surface area contributed by atoms with E-state index in [-0.39, 0.29) is 17.2 Å². The summed E-state index contributed by atoms with van der Waals surface area (Å²) in [4.78, 5) is 19.4. The second-order valence-corrected chi connectivity index (χ2v) is 7.80. The van der Waals surface area contributed by atoms with Crippen molar-refractivity contribution in [1.29, 1.82) is 0 Å². The third-order valence-corrected chi connectivity index (χ3v) is 5.57. The molecule has 0 amide bonds. The first kappa shape index (κ1) is 23.1. The largest absolute Gasteiger partial charge is 0.492 e. The Bertz CT molecular complexity index is 1170. The van der Waals surface area contributed by atoms with Crippen molar-refractivity contribution in [3.63, 3.8) is 0 Å². The van der Waals surface area contributed by atoms with Crippen molar-refractivity contribution < 1.29 is 23.4 Å². The van der Waals surface area contributed by atoms with Crippen LogP contribution in [0.2, 0.25) is 5.02 Å². The van der Waals surface area contributed by atoms with Gasteiger partial charge in [-0.05, 0) is 38.1 Å². The molecular weight excluding hydrogens is 449 g/mol. The lowest BCUT2D eigenvalue weighted by molar-refractivity contribution is 0.0527. The van der Waals surface area contributed by atoms with Crippen LogP contribution in [-0.4, -0.2) is 50.5 Å². The SMILES string of the molecule is CCOC(=O)c1cnc2cc(OCC)c(N3CCOCC3)cc2c1Nc1ccc(F)c(Cl)c1. The van der Waals surface area contributed by atoms with Gasteiger partial charge >= 0.3 is 5.97 Å². The highest BCUT2D eigenvalue weighted by Gasteiger charge is 2.22. The number of pyridine rings is 1. The van der Waals surface area contributed by atoms with Gasteiger partial charge in [-0.25, -0.2) is 9.18 Å². The van der Waals surface area contributed by atoms with E-state index in [1.807, 2.05) is 19.1 Å². The fourth-order valence-electron chi connectivity index (χ4n) is 3.75. The summed E-state index contributed by atoms with van der Waals surface area (Å²) < 4.78 is 30.4. The number of ether oxygens (including phenoxy) is 3. The molecule has 0 spiro atoms. The summed E-state index contributed by atoms with van der Waals surface area (Å²) >= 11 is 5.98. The van der Waals surface area contributed by atoms with Gasteiger partial charge in [0.1, 0.15) is 17.1 Å². The summed E-state index contributed by atoms with van der Waals surface area (Å²) in [5, 5.41) is 3.90. The van der Waals surface area contributed by atoms with E-state index in [1.54, 1.807) is 13.0 Å². The molecule has 1 fully saturated rings. The normalized spacial score (nSPS) is 13.8. The Balaban J connectivity index is 1.90. The first-order valence-electron chi connectivity index (χ1n) is 10.8. The number of fused-ring (bicyclic) bond motifs is 1. The molecular formula is C24H25ClFN3O4. The third kappa shape index (κ3) is 4.96. The molecule has 33 heavy (non-hydrogen) atoms. The Morgan fingerprint density at radius 2 is 2.00 bits per heavy atom. The molecule has 0 aliphatic carbocycles. The van der Waals surface area contributed by atoms with E-state index >= 15 is 0 Å². The smallest absolute Gasteiger partial charge is 0.341 e. The minimum absolute atomic E-state index is 0.0244. The molecule has 0 bridgehead atoms. The van der Waals surface area contributed by atoms with Crippen LogP contribution in [0.15, 0.2) is 36.5 Å². The number of halogens is 2. The van der Waals surface area contributed by atoms with Crippen molar-refractivity contribution >= 4 is 45.5 Å². The van der Waals surface area contributed by atoms with Gasteiger partial charge in [0, 0.05) is 36.4 Å². The first-order valence-corrected chi connectivity index (χ1v) is 11.2. The van der Waals surface area contributed by atoms with Gasteiger partial charge in [0.25, 0.3) is 0 Å². The summed E-state index contributed by atoms with van der Waals surface area (Å²) in [7, 11) is 0. The monoisotopic (exact) mass is 473 g/mol. The van der Waals surface area contributed by atoms with Crippen molar-refractivity contribution in [3.8, 4) is 5.75 Å². The molecule has 1 aliphatic heterocycles. The van der Waals surface area contributed by atoms with Gasteiger partial charge in [0.2, 0.25) is 0 Å². The van der Waals surface area contributed by atoms with Gasteiger partial charge in [0.15, 0.2) is 0 Å². The summed E-state index contributed by atoms with van der Waals surface area (Å²) in [5.41, 5.74) is 2.82. The second kappa shape index (κ2) is 10.2. The van der Waals surface area contributed by atoms with Crippen molar-refractivity contribution in [3.05, 3.63) is 52.9 Å². The summed E-state index contributed by atoms with van der Waals surface area (Å²) in [6.07, 6.45) is 1.47. The standard InChI is InChI=1S/C24H25ClFN3O4/c1-3-32-22-13-20-16(12-21(22)29-7-9-31-10-8-29)23(17(14-27-20)24(30)33-4-2)28-15-5-6-19(26)18(25)11-15/h5-6,11-14H,3-4,7-10H2,1-2H3,(H,27,28). The van der Waals surface area contributed by atoms with Gasteiger partial charge in [-0.1, -0.05) is 11.6 Å². The fourth-order valence-corrected chi connectivity index (χ4v) is 3.93. The summed E-state index contributed by atoms with van der Waals surface area (Å²) in [6, 6.07) is 8.11. The lowest BCUT2D eigenvalue weighted by atomic mass is 10.1. The van der Waals surface area contributed by atoms with Crippen LogP contribution in [0.3, 0.4) is 0 Å². The molecule has 3 aromatic rings. The number of rotatable bonds is 7. The summed E-state index contributed by atoms with van der Waals surface area (Å²) in [5.74, 6) is -0.327. The number of carbonyl (C=O) groups excluding carboxylic acids is 1. The minimum Gasteiger partial charge on any atom is -0.492 e. The number of anilines is 3. The number of aromatic nitrogens is 1. The Morgan fingerprint density at radius 1 is 1.21 bits per heavy atom. The number of morpholine rings is 1. The highest BCUT2D eigenvalue weighted by Crippen LogP contribution is 2.38. The van der Waals surface area contributed by atoms with Crippen LogP contribution in [0.25, 0.3) is 10.9 Å². The maximum atomic E-state index is 13.7. The Hall–Kier alpha value is -3.10. The van der Waals surface area contributed by atoms with E-state index < -0.39 is 11.8 Å². The number of hydrogen-bond donors (Lipinski definition) is 1. The average Bonchev–Trinajstić information content (AvgIpc) is 2.82. The Labute approximate surface area is 196 Å². The molecule has 0 radical (unpaired) electrons. The fraction of sp³-hybridized carbons (Fsp3) is 0.333. The second-order valence-electron chi connectivity index (χ2n) is 7.39. The predicted molar refractivity (Wildman–Crippen MR) is 127 cm³/mol. The summed E-state index contributed by atoms with van der Waals surface area (Å²) in [6.45, 7) is 7.05. The quantitative estimate of drug-likeness (QED) is 0.474. The lowest BCUT2D eigenvalue weighted by Gasteiger charge is -2.30. The van der Waals surface area contributed by atoms with E-state index in [4.69, 9.17) is 25.8 Å². The van der Waals surface area contributed by atoms with Crippen LogP contribution in [-0.2, 0) is 9.47 Å². The van der Waals surface area contributed by atoms with Crippen LogP contribution >= 0.6 is 11.6 Å². The number of nitrogens with one attached hydrogen (secondary N) is 1. The van der Waals surface area contributed by atoms with Crippen molar-refractivity contribution in [1.82, 2.24) is 4.98 Å². The van der Waals surface area contributed by atoms with Crippen LogP contribution in [0.4, 0.5) is 21.5 Å². The van der Waals surface area contributed by atoms with Crippen LogP contribution in [0.1, 0.15) is 24.2 Å². The molecule has 1 aromatic heterocycles. The maximum Gasteiger partial charge on any atom is 0.341 e. The molecule has 0 saturated carbocycles. The maximum absolute atomic E-state index is 13.7. The number of hydrogen-bond acceptors (Lipinski definition) is 7. The first-order chi connectivity index (χ1) is 16.0. The van der Waals surface area contributed by atoms with Gasteiger partial charge < -0.3 is 24.4 Å². The predicted octanol–water partition coefficient (Wildman–Crippen LogP) is 5.18. The zero-order valence-electron chi connectivity index (χ0n) is 18.5. The van der Waals surface area contributed by atoms with Gasteiger partial charge in [-0.15, -0.1) is 0 Å². The van der Waals surface area contributed by atoms with E-state index in [9.17, 15) is 9.18 Å². The molecule has 1 N–H and O–H groups in total. The van der Waals surface area contributed by atoms with Crippen molar-refractivity contribution in [2.75, 3.05) is 49.7 Å². The van der Waals surface area contributed by atoms with Crippen LogP contribution in [0, 0.1) is 5.82 Å². The molecule has 2 aromatic carbocycles. The van der Waals surface area contributed by atoms with Crippen LogP contribution in [0.5, 0.6) is 5.75 Å². The highest BCUT2D eigenvalue weighted by molar-refractivity contribution is 6.31. The number of benzene rings is 2. The van der Waals surface area contributed by atoms with Gasteiger partial charge in [-0.3, -0.25) is 4.98 Å². The topological polar surface area (TPSA) is 72.9 Å². The highest BCUT2D eigenvalue weighted by atomic mass is 35.5. The Morgan fingerprint density at radius 3 is 2.70 bits per heavy atom. The molecule has 9 heteroatoms. The number of carbonyl (C=O) groups is 1. The van der Waals surface area contributed by atoms with Crippen molar-refractivity contribution in [2.45, 2.75) is 13.8 Å². The molecule has 1 saturated heterocycles. The molecule has 0 unspecified atom stereocenters. The minimum atomic E-state index is -0.525. The average molecular weight is 474 g/mol. The molecule has 1 aliphatic rings. The van der Waals surface area contributed by atoms with Crippen LogP contribution < -0.4 is 15.0 Å². The zero-order valence-corrected chi connectivity index (χ0v) is 19.2. The number of nitrogens with zero attached hydrogens (tertiary/aromatic N) is 2. The van der Waals surface area contributed by atoms with E-state index in [1.165, 1.54) is 18.3 Å². The molecule has 4 rings (SSSR count). The Kier molecular flexibility index (Phi) is 7.15. The molecule has 174 valence electrons. The molecule has 7 nitrogen and oxygen atoms in total. The zero-order chi connectivity index (χ0) is 23.4. The van der Waals surface area contributed by atoms with E-state index in [0.29, 0.717) is 60.9 Å². The third-order valence-electron chi connectivity index (χ3n) is 5.28. The van der Waals surface area contributed by atoms with Crippen molar-refractivity contribution in [2.24, 2.45) is 0 Å². The molecule has 2 heterocycles. The van der Waals surface area contributed by atoms with E-state index in [0.717, 1.165) is 5.69 Å². The lowest BCUT2D eigenvalue weighted by Crippen LogP contribution is -2.36. The van der Waals surface area contributed by atoms with E-state index in [2.05, 4.69) is 15.2 Å². The van der Waals surface area contributed by atoms with Gasteiger partial charge in [0.05, 0.1) is 48.3 Å².